The molecular weight excluding hydrogens is 1050 g/mol. The van der Waals surface area contributed by atoms with Gasteiger partial charge in [-0.1, -0.05) is 124 Å². The first kappa shape index (κ1) is 69.1. The van der Waals surface area contributed by atoms with Crippen LogP contribution < -0.4 is 10.6 Å². The molecule has 436 valence electrons. The van der Waals surface area contributed by atoms with Gasteiger partial charge in [0.1, 0.15) is 11.7 Å². The number of carbonyl (C=O) groups is 2. The number of amides is 2. The molecule has 5 rings (SSSR count). The van der Waals surface area contributed by atoms with Crippen molar-refractivity contribution in [2.45, 2.75) is 153 Å². The molecule has 2 amide bonds. The van der Waals surface area contributed by atoms with Crippen molar-refractivity contribution in [2.75, 3.05) is 39.4 Å². The number of aliphatic hydroxyl groups excluding tert-OH is 2. The number of aryl methyl sites for hydroxylation is 2. The number of carbonyl (C=O) groups excluding carboxylic acids is 2. The second-order valence-corrected chi connectivity index (χ2v) is 26.2. The Morgan fingerprint density at radius 3 is 1.37 bits per heavy atom. The molecule has 0 aliphatic carbocycles. The number of benzene rings is 4. The van der Waals surface area contributed by atoms with Crippen molar-refractivity contribution in [1.82, 2.24) is 19.2 Å². The largest absolute Gasteiger partial charge is 0.444 e. The third-order valence-electron chi connectivity index (χ3n) is 12.8. The Kier molecular flexibility index (Phi) is 27.8. The van der Waals surface area contributed by atoms with Crippen LogP contribution in [0.5, 0.6) is 0 Å². The Balaban J connectivity index is 0.000000527. The Morgan fingerprint density at radius 2 is 1.03 bits per heavy atom. The highest BCUT2D eigenvalue weighted by Crippen LogP contribution is 2.30. The van der Waals surface area contributed by atoms with Crippen LogP contribution in [0, 0.1) is 47.3 Å². The molecule has 8 N–H and O–H groups in total. The van der Waals surface area contributed by atoms with Crippen LogP contribution in [0.1, 0.15) is 103 Å². The maximum atomic E-state index is 13.8. The summed E-state index contributed by atoms with van der Waals surface area (Å²) < 4.78 is 73.8. The molecule has 4 aromatic rings. The summed E-state index contributed by atoms with van der Waals surface area (Å²) in [5.74, 6) is 0. The number of sulfonamides is 2. The van der Waals surface area contributed by atoms with Gasteiger partial charge in [-0.05, 0) is 107 Å². The van der Waals surface area contributed by atoms with Gasteiger partial charge in [0.15, 0.2) is 0 Å². The van der Waals surface area contributed by atoms with E-state index in [0.717, 1.165) is 22.3 Å². The highest BCUT2D eigenvalue weighted by Gasteiger charge is 2.37. The average molecular weight is 1140 g/mol. The first-order valence-electron chi connectivity index (χ1n) is 26.0. The van der Waals surface area contributed by atoms with E-state index in [2.05, 4.69) is 22.8 Å². The molecule has 0 bridgehead atoms. The van der Waals surface area contributed by atoms with Gasteiger partial charge in [-0.25, -0.2) is 26.4 Å². The molecule has 0 spiro atoms. The van der Waals surface area contributed by atoms with Gasteiger partial charge in [0.25, 0.3) is 0 Å². The lowest BCUT2D eigenvalue weighted by molar-refractivity contribution is 0.0392. The van der Waals surface area contributed by atoms with Crippen LogP contribution in [0.4, 0.5) is 9.59 Å². The van der Waals surface area contributed by atoms with E-state index < -0.39 is 73.0 Å². The van der Waals surface area contributed by atoms with Crippen molar-refractivity contribution in [3.63, 3.8) is 0 Å². The zero-order valence-corrected chi connectivity index (χ0v) is 48.8. The lowest BCUT2D eigenvalue weighted by Gasteiger charge is -2.35. The molecule has 3 unspecified atom stereocenters. The first-order valence-corrected chi connectivity index (χ1v) is 28.9. The molecule has 1 saturated heterocycles. The smallest absolute Gasteiger partial charge is 0.407 e. The van der Waals surface area contributed by atoms with Crippen molar-refractivity contribution >= 4 is 32.2 Å². The van der Waals surface area contributed by atoms with E-state index >= 15 is 0 Å². The molecule has 5 atom stereocenters. The predicted molar refractivity (Wildman–Crippen MR) is 302 cm³/mol. The number of aliphatic hydroxyl groups is 2. The molecule has 1 fully saturated rings. The van der Waals surface area contributed by atoms with Gasteiger partial charge in [-0.2, -0.15) is 19.1 Å². The van der Waals surface area contributed by atoms with Crippen molar-refractivity contribution in [3.05, 3.63) is 131 Å². The molecule has 79 heavy (non-hydrogen) atoms. The number of hydrogen-bond donors (Lipinski definition) is 4. The average Bonchev–Trinajstić information content (AvgIpc) is 3.88. The summed E-state index contributed by atoms with van der Waals surface area (Å²) in [6, 6.07) is 34.4. The van der Waals surface area contributed by atoms with Gasteiger partial charge in [0.05, 0.1) is 59.4 Å². The third kappa shape index (κ3) is 23.7. The molecule has 0 saturated carbocycles. The van der Waals surface area contributed by atoms with Gasteiger partial charge in [0, 0.05) is 45.4 Å². The Bertz CT molecular complexity index is 2780. The summed E-state index contributed by atoms with van der Waals surface area (Å²) >= 11 is 0. The topological polar surface area (TPSA) is 312 Å². The van der Waals surface area contributed by atoms with Crippen LogP contribution in [0.15, 0.2) is 119 Å². The van der Waals surface area contributed by atoms with Crippen molar-refractivity contribution in [3.8, 4) is 12.1 Å². The van der Waals surface area contributed by atoms with Crippen LogP contribution in [0.25, 0.3) is 0 Å². The molecule has 4 aromatic carbocycles. The van der Waals surface area contributed by atoms with E-state index in [1.54, 1.807) is 69.3 Å². The van der Waals surface area contributed by atoms with E-state index in [1.165, 1.54) is 8.61 Å². The fourth-order valence-electron chi connectivity index (χ4n) is 8.49. The lowest BCUT2D eigenvalue weighted by Crippen LogP contribution is -2.52. The van der Waals surface area contributed by atoms with Crippen LogP contribution in [-0.2, 0) is 47.1 Å². The molecule has 0 aromatic heterocycles. The molecule has 1 aliphatic rings. The van der Waals surface area contributed by atoms with Gasteiger partial charge in [-0.15, -0.1) is 0 Å². The van der Waals surface area contributed by atoms with Crippen LogP contribution in [-0.4, -0.2) is 134 Å². The van der Waals surface area contributed by atoms with Crippen LogP contribution in [0.2, 0.25) is 0 Å². The van der Waals surface area contributed by atoms with E-state index in [0.29, 0.717) is 32.5 Å². The van der Waals surface area contributed by atoms with E-state index in [9.17, 15) is 36.6 Å². The maximum Gasteiger partial charge on any atom is 0.407 e. The first-order chi connectivity index (χ1) is 36.1. The number of hydrogen-bond acceptors (Lipinski definition) is 13. The summed E-state index contributed by atoms with van der Waals surface area (Å²) in [7, 11) is -7.98. The molecule has 1 aliphatic heterocycles. The van der Waals surface area contributed by atoms with Gasteiger partial charge in [0.2, 0.25) is 20.0 Å². The monoisotopic (exact) mass is 1140 g/mol. The zero-order chi connectivity index (χ0) is 57.0. The van der Waals surface area contributed by atoms with E-state index in [1.807, 2.05) is 102 Å². The Labute approximate surface area is 468 Å². The summed E-state index contributed by atoms with van der Waals surface area (Å²) in [6.07, 6.45) is -1.55. The van der Waals surface area contributed by atoms with Crippen LogP contribution in [0.3, 0.4) is 0 Å². The zero-order valence-electron chi connectivity index (χ0n) is 47.1. The number of alkyl carbamates (subject to hydrolysis) is 2. The standard InChI is InChI=1S/C29H39N3O6S.C29H41N3O5S.2H2O/c1-22-10-12-25(13-11-22)39(35,36)32(21-29(2,3)15-7-16-30)19-27(33)26(18-23-8-5-4-6-9-23)31-28(34)38-24-14-17-37-20-24;1-22-13-15-24(16-14-22)38(35,36)32(21-29(5,6)17-10-18-30)20-26(33)25(19-23-11-8-7-9-12-23)31-27(34)37-28(2,3)4;;/h4-6,8-13,24,26-27,33H,7,14-15,17-21H2,1-3H3,(H,31,34);7-9,11-16,25-26,33H,10,17,19-21H2,1-6H3,(H,31,34);2*1H2/t24?,26-,27?;25-,26?;;/m00../s1. The maximum absolute atomic E-state index is 13.8. The fourth-order valence-corrected chi connectivity index (χ4v) is 11.8. The number of nitriles is 2. The highest BCUT2D eigenvalue weighted by molar-refractivity contribution is 7.89. The van der Waals surface area contributed by atoms with E-state index in [-0.39, 0.29) is 78.7 Å². The Morgan fingerprint density at radius 1 is 0.646 bits per heavy atom. The molecular formula is C58H84N6O13S2. The normalized spacial score (nSPS) is 15.3. The fraction of sp³-hybridized carbons (Fsp3) is 0.517. The number of ether oxygens (including phenoxy) is 3. The van der Waals surface area contributed by atoms with Crippen LogP contribution >= 0.6 is 0 Å². The Hall–Kier alpha value is -5.98. The minimum Gasteiger partial charge on any atom is -0.444 e. The van der Waals surface area contributed by atoms with Crippen molar-refractivity contribution < 1.29 is 61.8 Å². The second-order valence-electron chi connectivity index (χ2n) is 22.3. The van der Waals surface area contributed by atoms with E-state index in [4.69, 9.17) is 24.7 Å². The van der Waals surface area contributed by atoms with Crippen molar-refractivity contribution in [2.24, 2.45) is 10.8 Å². The molecule has 0 radical (unpaired) electrons. The number of rotatable bonds is 25. The SMILES string of the molecule is Cc1ccc(S(=O)(=O)N(CC(O)[C@H](Cc2ccccc2)NC(=O)OC(C)(C)C)CC(C)(C)CCC#N)cc1.Cc1ccc(S(=O)(=O)N(CC(O)[C@H](Cc2ccccc2)NC(=O)OC2CCOC2)CC(C)(C)CCC#N)cc1.O.O. The second kappa shape index (κ2) is 31.7. The summed E-state index contributed by atoms with van der Waals surface area (Å²) in [6.45, 7) is 17.1. The quantitative estimate of drug-likeness (QED) is 0.0522. The molecule has 19 nitrogen and oxygen atoms in total. The van der Waals surface area contributed by atoms with Gasteiger partial charge < -0.3 is 46.0 Å². The van der Waals surface area contributed by atoms with Gasteiger partial charge in [-0.3, -0.25) is 0 Å². The third-order valence-corrected chi connectivity index (χ3v) is 16.5. The number of nitrogens with one attached hydrogen (secondary N) is 2. The highest BCUT2D eigenvalue weighted by atomic mass is 32.2. The summed E-state index contributed by atoms with van der Waals surface area (Å²) in [4.78, 5) is 25.6. The summed E-state index contributed by atoms with van der Waals surface area (Å²) in [5, 5.41) is 46.5. The predicted octanol–water partition coefficient (Wildman–Crippen LogP) is 6.97. The molecule has 21 heteroatoms. The minimum atomic E-state index is -3.99. The molecule has 1 heterocycles. The van der Waals surface area contributed by atoms with Gasteiger partial charge >= 0.3 is 12.2 Å². The van der Waals surface area contributed by atoms with Crippen molar-refractivity contribution in [1.29, 1.82) is 10.5 Å². The number of nitrogens with zero attached hydrogens (tertiary/aromatic N) is 4. The lowest BCUT2D eigenvalue weighted by atomic mass is 9.88. The minimum absolute atomic E-state index is 0. The summed E-state index contributed by atoms with van der Waals surface area (Å²) in [5.41, 5.74) is 1.79.